The minimum atomic E-state index is -4.43. The fraction of sp³-hybridized carbons (Fsp3) is 0.111. The number of amides is 2. The van der Waals surface area contributed by atoms with E-state index in [1.807, 2.05) is 0 Å². The van der Waals surface area contributed by atoms with E-state index >= 15 is 0 Å². The highest BCUT2D eigenvalue weighted by molar-refractivity contribution is 7.99. The van der Waals surface area contributed by atoms with Crippen LogP contribution in [0.25, 0.3) is 0 Å². The summed E-state index contributed by atoms with van der Waals surface area (Å²) in [7, 11) is 0. The van der Waals surface area contributed by atoms with E-state index in [2.05, 4.69) is 20.8 Å². The van der Waals surface area contributed by atoms with Crippen molar-refractivity contribution in [3.05, 3.63) is 66.1 Å². The number of carbonyl (C=O) groups is 2. The number of furan rings is 1. The zero-order valence-corrected chi connectivity index (χ0v) is 15.4. The van der Waals surface area contributed by atoms with Crippen molar-refractivity contribution in [3.63, 3.8) is 0 Å². The third-order valence-corrected chi connectivity index (χ3v) is 4.39. The van der Waals surface area contributed by atoms with Gasteiger partial charge in [0.25, 0.3) is 5.91 Å². The number of nitrogens with one attached hydrogen (secondary N) is 2. The predicted octanol–water partition coefficient (Wildman–Crippen LogP) is 4.07. The lowest BCUT2D eigenvalue weighted by Crippen LogP contribution is -2.15. The average Bonchev–Trinajstić information content (AvgIpc) is 3.22. The van der Waals surface area contributed by atoms with Gasteiger partial charge in [-0.1, -0.05) is 11.8 Å². The van der Waals surface area contributed by atoms with Gasteiger partial charge >= 0.3 is 6.18 Å². The topological polar surface area (TPSA) is 97.1 Å². The molecule has 7 nitrogen and oxygen atoms in total. The molecule has 0 radical (unpaired) electrons. The van der Waals surface area contributed by atoms with Crippen molar-refractivity contribution >= 4 is 35.1 Å². The van der Waals surface area contributed by atoms with Crippen LogP contribution in [-0.2, 0) is 11.0 Å². The lowest BCUT2D eigenvalue weighted by molar-refractivity contribution is -0.137. The molecule has 0 saturated heterocycles. The minimum absolute atomic E-state index is 0.0200. The number of nitrogens with zero attached hydrogens (tertiary/aromatic N) is 2. The van der Waals surface area contributed by atoms with Crippen LogP contribution < -0.4 is 10.6 Å². The zero-order chi connectivity index (χ0) is 20.9. The van der Waals surface area contributed by atoms with Gasteiger partial charge in [-0.2, -0.15) is 13.2 Å². The second-order valence-electron chi connectivity index (χ2n) is 5.60. The molecule has 11 heteroatoms. The highest BCUT2D eigenvalue weighted by Gasteiger charge is 2.29. The summed E-state index contributed by atoms with van der Waals surface area (Å²) in [6.07, 6.45) is -3.06. The molecule has 0 saturated carbocycles. The fourth-order valence-electron chi connectivity index (χ4n) is 2.13. The van der Waals surface area contributed by atoms with E-state index in [1.165, 1.54) is 30.5 Å². The Bertz CT molecular complexity index is 975. The predicted molar refractivity (Wildman–Crippen MR) is 99.5 cm³/mol. The average molecular weight is 422 g/mol. The molecule has 0 unspecified atom stereocenters. The summed E-state index contributed by atoms with van der Waals surface area (Å²) in [6, 6.07) is 10.3. The monoisotopic (exact) mass is 422 g/mol. The van der Waals surface area contributed by atoms with Crippen molar-refractivity contribution in [1.29, 1.82) is 0 Å². The largest absolute Gasteiger partial charge is 0.459 e. The SMILES string of the molecule is O=C(CSc1ccc(NC(=O)c2ccco2)nn1)Nc1ccc(C(F)(F)F)cc1. The Hall–Kier alpha value is -3.34. The van der Waals surface area contributed by atoms with Crippen LogP contribution in [0.2, 0.25) is 0 Å². The first-order chi connectivity index (χ1) is 13.8. The number of thioether (sulfide) groups is 1. The van der Waals surface area contributed by atoms with Gasteiger partial charge < -0.3 is 15.1 Å². The molecular formula is C18H13F3N4O3S. The quantitative estimate of drug-likeness (QED) is 0.582. The van der Waals surface area contributed by atoms with E-state index in [0.717, 1.165) is 23.9 Å². The maximum atomic E-state index is 12.5. The van der Waals surface area contributed by atoms with Gasteiger partial charge in [-0.05, 0) is 48.5 Å². The van der Waals surface area contributed by atoms with Crippen molar-refractivity contribution in [3.8, 4) is 0 Å². The molecule has 0 aliphatic rings. The summed E-state index contributed by atoms with van der Waals surface area (Å²) in [6.45, 7) is 0. The van der Waals surface area contributed by atoms with Gasteiger partial charge in [-0.25, -0.2) is 0 Å². The van der Waals surface area contributed by atoms with E-state index in [0.29, 0.717) is 5.03 Å². The van der Waals surface area contributed by atoms with Crippen LogP contribution in [0.5, 0.6) is 0 Å². The zero-order valence-electron chi connectivity index (χ0n) is 14.6. The minimum Gasteiger partial charge on any atom is -0.459 e. The summed E-state index contributed by atoms with van der Waals surface area (Å²) in [4.78, 5) is 23.8. The molecule has 0 aliphatic carbocycles. The Morgan fingerprint density at radius 1 is 1.00 bits per heavy atom. The molecule has 3 rings (SSSR count). The van der Waals surface area contributed by atoms with E-state index in [1.54, 1.807) is 12.1 Å². The van der Waals surface area contributed by atoms with E-state index < -0.39 is 23.6 Å². The number of halogens is 3. The van der Waals surface area contributed by atoms with Crippen LogP contribution in [0.1, 0.15) is 16.1 Å². The third-order valence-electron chi connectivity index (χ3n) is 3.47. The van der Waals surface area contributed by atoms with Crippen LogP contribution in [0, 0.1) is 0 Å². The van der Waals surface area contributed by atoms with Crippen molar-refractivity contribution in [2.75, 3.05) is 16.4 Å². The second kappa shape index (κ2) is 8.78. The number of hydrogen-bond donors (Lipinski definition) is 2. The standard InChI is InChI=1S/C18H13F3N4O3S/c19-18(20,21)11-3-5-12(6-4-11)22-15(26)10-29-16-8-7-14(24-25-16)23-17(27)13-2-1-9-28-13/h1-9H,10H2,(H,22,26)(H,23,24,27). The van der Waals surface area contributed by atoms with Crippen molar-refractivity contribution < 1.29 is 27.2 Å². The van der Waals surface area contributed by atoms with Gasteiger partial charge in [0, 0.05) is 5.69 Å². The van der Waals surface area contributed by atoms with Gasteiger partial charge in [0.05, 0.1) is 17.6 Å². The Kier molecular flexibility index (Phi) is 6.17. The van der Waals surface area contributed by atoms with Gasteiger partial charge in [0.2, 0.25) is 5.91 Å². The highest BCUT2D eigenvalue weighted by atomic mass is 32.2. The maximum Gasteiger partial charge on any atom is 0.416 e. The van der Waals surface area contributed by atoms with Crippen molar-refractivity contribution in [2.24, 2.45) is 0 Å². The molecule has 29 heavy (non-hydrogen) atoms. The molecule has 2 heterocycles. The lowest BCUT2D eigenvalue weighted by Gasteiger charge is -2.08. The smallest absolute Gasteiger partial charge is 0.416 e. The highest BCUT2D eigenvalue weighted by Crippen LogP contribution is 2.29. The van der Waals surface area contributed by atoms with Gasteiger partial charge in [0.1, 0.15) is 5.03 Å². The number of benzene rings is 1. The third kappa shape index (κ3) is 5.82. The van der Waals surface area contributed by atoms with Crippen LogP contribution in [0.4, 0.5) is 24.7 Å². The Morgan fingerprint density at radius 3 is 2.34 bits per heavy atom. The van der Waals surface area contributed by atoms with E-state index in [9.17, 15) is 22.8 Å². The maximum absolute atomic E-state index is 12.5. The Labute approximate surface area is 166 Å². The molecule has 3 aromatic rings. The van der Waals surface area contributed by atoms with E-state index in [-0.39, 0.29) is 23.0 Å². The first-order valence-electron chi connectivity index (χ1n) is 8.10. The number of rotatable bonds is 6. The summed E-state index contributed by atoms with van der Waals surface area (Å²) in [5, 5.41) is 13.2. The normalized spacial score (nSPS) is 11.1. The second-order valence-corrected chi connectivity index (χ2v) is 6.60. The number of anilines is 2. The molecule has 150 valence electrons. The van der Waals surface area contributed by atoms with Gasteiger partial charge in [0.15, 0.2) is 11.6 Å². The molecule has 2 aromatic heterocycles. The number of hydrogen-bond acceptors (Lipinski definition) is 6. The number of aromatic nitrogens is 2. The molecule has 2 amide bonds. The Balaban J connectivity index is 1.48. The first-order valence-corrected chi connectivity index (χ1v) is 9.08. The molecule has 2 N–H and O–H groups in total. The fourth-order valence-corrected chi connectivity index (χ4v) is 2.74. The number of carbonyl (C=O) groups excluding carboxylic acids is 2. The molecule has 1 aromatic carbocycles. The van der Waals surface area contributed by atoms with Crippen LogP contribution in [0.15, 0.2) is 64.2 Å². The molecule has 0 spiro atoms. The van der Waals surface area contributed by atoms with Gasteiger partial charge in [-0.15, -0.1) is 10.2 Å². The van der Waals surface area contributed by atoms with Crippen LogP contribution in [0.3, 0.4) is 0 Å². The first kappa shape index (κ1) is 20.4. The van der Waals surface area contributed by atoms with Crippen molar-refractivity contribution in [1.82, 2.24) is 10.2 Å². The molecule has 0 atom stereocenters. The molecule has 0 fully saturated rings. The van der Waals surface area contributed by atoms with E-state index in [4.69, 9.17) is 4.42 Å². The summed E-state index contributed by atoms with van der Waals surface area (Å²) in [5.74, 6) is -0.559. The molecule has 0 bridgehead atoms. The van der Waals surface area contributed by atoms with Crippen molar-refractivity contribution in [2.45, 2.75) is 11.2 Å². The summed E-state index contributed by atoms with van der Waals surface area (Å²) < 4.78 is 42.6. The van der Waals surface area contributed by atoms with Gasteiger partial charge in [-0.3, -0.25) is 9.59 Å². The lowest BCUT2D eigenvalue weighted by atomic mass is 10.2. The molecule has 0 aliphatic heterocycles. The Morgan fingerprint density at radius 2 is 1.76 bits per heavy atom. The summed E-state index contributed by atoms with van der Waals surface area (Å²) in [5.41, 5.74) is -0.537. The van der Waals surface area contributed by atoms with Crippen LogP contribution in [-0.4, -0.2) is 27.8 Å². The van der Waals surface area contributed by atoms with Crippen LogP contribution >= 0.6 is 11.8 Å². The number of alkyl halides is 3. The molecular weight excluding hydrogens is 409 g/mol. The summed E-state index contributed by atoms with van der Waals surface area (Å²) >= 11 is 1.08.